The molecule has 1 aliphatic carbocycles. The van der Waals surface area contributed by atoms with Crippen molar-refractivity contribution in [2.24, 2.45) is 0 Å². The van der Waals surface area contributed by atoms with Crippen LogP contribution in [0.25, 0.3) is 22.5 Å². The van der Waals surface area contributed by atoms with E-state index in [1.807, 2.05) is 6.07 Å². The Bertz CT molecular complexity index is 1060. The van der Waals surface area contributed by atoms with Crippen molar-refractivity contribution in [3.05, 3.63) is 53.4 Å². The van der Waals surface area contributed by atoms with Crippen molar-refractivity contribution in [1.82, 2.24) is 10.1 Å². The third kappa shape index (κ3) is 2.41. The summed E-state index contributed by atoms with van der Waals surface area (Å²) in [6.07, 6.45) is 4.16. The van der Waals surface area contributed by atoms with Crippen molar-refractivity contribution in [3.63, 3.8) is 0 Å². The lowest BCUT2D eigenvalue weighted by atomic mass is 9.79. The smallest absolute Gasteiger partial charge is 0.235 e. The van der Waals surface area contributed by atoms with Crippen LogP contribution in [0.5, 0.6) is 0 Å². The molecule has 1 aliphatic heterocycles. The summed E-state index contributed by atoms with van der Waals surface area (Å²) in [4.78, 5) is 17.0. The first kappa shape index (κ1) is 16.2. The van der Waals surface area contributed by atoms with Crippen LogP contribution >= 0.6 is 0 Å². The second-order valence-corrected chi connectivity index (χ2v) is 7.67. The molecule has 27 heavy (non-hydrogen) atoms. The van der Waals surface area contributed by atoms with E-state index in [1.165, 1.54) is 5.56 Å². The van der Waals surface area contributed by atoms with Gasteiger partial charge in [0.2, 0.25) is 17.6 Å². The van der Waals surface area contributed by atoms with Gasteiger partial charge in [0.1, 0.15) is 0 Å². The number of hydrogen-bond acceptors (Lipinski definition) is 4. The van der Waals surface area contributed by atoms with Gasteiger partial charge in [0.15, 0.2) is 0 Å². The number of nitrogens with one attached hydrogen (secondary N) is 1. The molecule has 136 valence electrons. The molecule has 5 rings (SSSR count). The number of hydrogen-bond donors (Lipinski definition) is 1. The van der Waals surface area contributed by atoms with Crippen molar-refractivity contribution < 1.29 is 9.32 Å². The number of aryl methyl sites for hydroxylation is 2. The summed E-state index contributed by atoms with van der Waals surface area (Å²) in [6.45, 7) is 3.87. The van der Waals surface area contributed by atoms with Gasteiger partial charge in [0.25, 0.3) is 0 Å². The van der Waals surface area contributed by atoms with E-state index in [9.17, 15) is 4.79 Å². The highest BCUT2D eigenvalue weighted by Gasteiger charge is 2.48. The highest BCUT2D eigenvalue weighted by molar-refractivity contribution is 6.07. The van der Waals surface area contributed by atoms with Gasteiger partial charge < -0.3 is 9.84 Å². The fraction of sp³-hybridized carbons (Fsp3) is 0.318. The number of aromatic nitrogens is 2. The molecular formula is C22H21N3O2. The second-order valence-electron chi connectivity index (χ2n) is 7.67. The predicted molar refractivity (Wildman–Crippen MR) is 103 cm³/mol. The summed E-state index contributed by atoms with van der Waals surface area (Å²) in [6, 6.07) is 12.5. The van der Waals surface area contributed by atoms with Crippen molar-refractivity contribution in [2.75, 3.05) is 5.32 Å². The molecule has 5 nitrogen and oxygen atoms in total. The summed E-state index contributed by atoms with van der Waals surface area (Å²) >= 11 is 0. The van der Waals surface area contributed by atoms with Crippen LogP contribution in [-0.2, 0) is 10.2 Å². The highest BCUT2D eigenvalue weighted by Crippen LogP contribution is 2.49. The third-order valence-electron chi connectivity index (χ3n) is 6.01. The van der Waals surface area contributed by atoms with Crippen LogP contribution in [0.2, 0.25) is 0 Å². The van der Waals surface area contributed by atoms with Crippen molar-refractivity contribution in [3.8, 4) is 22.5 Å². The predicted octanol–water partition coefficient (Wildman–Crippen LogP) is 4.78. The largest absolute Gasteiger partial charge is 0.339 e. The van der Waals surface area contributed by atoms with Crippen LogP contribution in [-0.4, -0.2) is 16.0 Å². The maximum Gasteiger partial charge on any atom is 0.235 e. The molecule has 0 unspecified atom stereocenters. The number of anilines is 1. The second kappa shape index (κ2) is 5.78. The number of benzene rings is 2. The summed E-state index contributed by atoms with van der Waals surface area (Å²) < 4.78 is 5.11. The topological polar surface area (TPSA) is 68.0 Å². The normalized spacial score (nSPS) is 17.3. The lowest BCUT2D eigenvalue weighted by Gasteiger charge is -2.20. The number of nitrogens with zero attached hydrogens (tertiary/aromatic N) is 2. The molecule has 1 fully saturated rings. The average Bonchev–Trinajstić information content (AvgIpc) is 3.37. The average molecular weight is 359 g/mol. The van der Waals surface area contributed by atoms with E-state index in [2.05, 4.69) is 52.7 Å². The van der Waals surface area contributed by atoms with Gasteiger partial charge in [-0.15, -0.1) is 0 Å². The molecule has 0 atom stereocenters. The summed E-state index contributed by atoms with van der Waals surface area (Å²) in [7, 11) is 0. The molecule has 0 radical (unpaired) electrons. The maximum absolute atomic E-state index is 12.7. The molecule has 2 aliphatic rings. The molecule has 1 N–H and O–H groups in total. The molecule has 1 aromatic heterocycles. The van der Waals surface area contributed by atoms with E-state index >= 15 is 0 Å². The monoisotopic (exact) mass is 359 g/mol. The van der Waals surface area contributed by atoms with Crippen molar-refractivity contribution in [2.45, 2.75) is 44.9 Å². The molecule has 2 heterocycles. The number of carbonyl (C=O) groups excluding carboxylic acids is 1. The maximum atomic E-state index is 12.7. The quantitative estimate of drug-likeness (QED) is 0.715. The van der Waals surface area contributed by atoms with Crippen LogP contribution in [0.1, 0.15) is 42.7 Å². The van der Waals surface area contributed by atoms with E-state index in [-0.39, 0.29) is 11.3 Å². The minimum absolute atomic E-state index is 0.167. The van der Waals surface area contributed by atoms with Crippen molar-refractivity contribution >= 4 is 11.6 Å². The molecule has 1 spiro atoms. The Labute approximate surface area is 157 Å². The van der Waals surface area contributed by atoms with Gasteiger partial charge in [-0.25, -0.2) is 0 Å². The van der Waals surface area contributed by atoms with Crippen LogP contribution < -0.4 is 5.32 Å². The zero-order valence-corrected chi connectivity index (χ0v) is 15.5. The molecular weight excluding hydrogens is 338 g/mol. The summed E-state index contributed by atoms with van der Waals surface area (Å²) in [5, 5.41) is 7.15. The molecule has 1 amide bonds. The summed E-state index contributed by atoms with van der Waals surface area (Å²) in [5.74, 6) is 1.31. The Hall–Kier alpha value is -2.95. The minimum atomic E-state index is -0.299. The molecule has 3 aromatic rings. The van der Waals surface area contributed by atoms with Crippen LogP contribution in [0.4, 0.5) is 5.69 Å². The summed E-state index contributed by atoms with van der Waals surface area (Å²) in [5.41, 5.74) is 6.11. The Kier molecular flexibility index (Phi) is 3.47. The van der Waals surface area contributed by atoms with E-state index in [1.54, 1.807) is 6.92 Å². The zero-order valence-electron chi connectivity index (χ0n) is 15.5. The first-order valence-electron chi connectivity index (χ1n) is 9.44. The van der Waals surface area contributed by atoms with Gasteiger partial charge in [0.05, 0.1) is 5.41 Å². The third-order valence-corrected chi connectivity index (χ3v) is 6.01. The Morgan fingerprint density at radius 3 is 2.56 bits per heavy atom. The van der Waals surface area contributed by atoms with E-state index in [0.717, 1.165) is 53.6 Å². The van der Waals surface area contributed by atoms with Crippen LogP contribution in [0.15, 0.2) is 40.9 Å². The fourth-order valence-electron chi connectivity index (χ4n) is 4.56. The first-order chi connectivity index (χ1) is 13.1. The van der Waals surface area contributed by atoms with Gasteiger partial charge in [0, 0.05) is 18.2 Å². The van der Waals surface area contributed by atoms with Crippen molar-refractivity contribution in [1.29, 1.82) is 0 Å². The zero-order chi connectivity index (χ0) is 18.6. The van der Waals surface area contributed by atoms with Gasteiger partial charge in [-0.2, -0.15) is 4.98 Å². The van der Waals surface area contributed by atoms with Gasteiger partial charge in [-0.1, -0.05) is 42.3 Å². The first-order valence-corrected chi connectivity index (χ1v) is 9.44. The minimum Gasteiger partial charge on any atom is -0.339 e. The fourth-order valence-corrected chi connectivity index (χ4v) is 4.56. The van der Waals surface area contributed by atoms with E-state index in [0.29, 0.717) is 11.7 Å². The van der Waals surface area contributed by atoms with Crippen LogP contribution in [0, 0.1) is 13.8 Å². The molecule has 0 bridgehead atoms. The number of carbonyl (C=O) groups is 1. The molecule has 0 saturated heterocycles. The standard InChI is InChI=1S/C22H21N3O2/c1-13-5-6-16(20-23-14(2)27-25-20)11-17(13)15-7-8-18-19(12-15)24-21(26)22(18)9-3-4-10-22/h5-8,11-12H,3-4,9-10H2,1-2H3,(H,24,26). The van der Waals surface area contributed by atoms with Crippen LogP contribution in [0.3, 0.4) is 0 Å². The highest BCUT2D eigenvalue weighted by atomic mass is 16.5. The Balaban J connectivity index is 1.59. The van der Waals surface area contributed by atoms with Gasteiger partial charge in [-0.05, 0) is 54.2 Å². The number of amides is 1. The van der Waals surface area contributed by atoms with Gasteiger partial charge >= 0.3 is 0 Å². The SMILES string of the molecule is Cc1nc(-c2ccc(C)c(-c3ccc4c(c3)NC(=O)C43CCCC3)c2)no1. The Morgan fingerprint density at radius 1 is 1.04 bits per heavy atom. The van der Waals surface area contributed by atoms with Gasteiger partial charge in [-0.3, -0.25) is 4.79 Å². The molecule has 1 saturated carbocycles. The van der Waals surface area contributed by atoms with E-state index < -0.39 is 0 Å². The lowest BCUT2D eigenvalue weighted by molar-refractivity contribution is -0.120. The number of fused-ring (bicyclic) bond motifs is 2. The lowest BCUT2D eigenvalue weighted by Crippen LogP contribution is -2.30. The Morgan fingerprint density at radius 2 is 1.81 bits per heavy atom. The molecule has 5 heteroatoms. The van der Waals surface area contributed by atoms with E-state index in [4.69, 9.17) is 4.52 Å². The molecule has 2 aromatic carbocycles. The number of rotatable bonds is 2.